The van der Waals surface area contributed by atoms with Gasteiger partial charge >= 0.3 is 0 Å². The summed E-state index contributed by atoms with van der Waals surface area (Å²) in [5.41, 5.74) is 1.02. The zero-order valence-corrected chi connectivity index (χ0v) is 8.18. The Balaban J connectivity index is 1.74. The highest BCUT2D eigenvalue weighted by Crippen LogP contribution is 2.54. The molecular weight excluding hydrogens is 162 g/mol. The van der Waals surface area contributed by atoms with Crippen LogP contribution in [0.5, 0.6) is 0 Å². The molecule has 2 aliphatic carbocycles. The van der Waals surface area contributed by atoms with E-state index >= 15 is 0 Å². The first-order valence-electron chi connectivity index (χ1n) is 5.09. The second kappa shape index (κ2) is 3.17. The van der Waals surface area contributed by atoms with Gasteiger partial charge < -0.3 is 5.32 Å². The molecule has 0 aliphatic heterocycles. The lowest BCUT2D eigenvalue weighted by Gasteiger charge is -2.11. The van der Waals surface area contributed by atoms with E-state index in [1.165, 1.54) is 6.42 Å². The lowest BCUT2D eigenvalue weighted by Crippen LogP contribution is -2.31. The maximum atomic E-state index is 11.6. The molecule has 0 bridgehead atoms. The van der Waals surface area contributed by atoms with Gasteiger partial charge in [0.15, 0.2) is 0 Å². The Hall–Kier alpha value is -0.790. The van der Waals surface area contributed by atoms with Gasteiger partial charge in [0.25, 0.3) is 0 Å². The van der Waals surface area contributed by atoms with E-state index in [0.717, 1.165) is 30.3 Å². The molecule has 0 aromatic rings. The van der Waals surface area contributed by atoms with Gasteiger partial charge in [0.1, 0.15) is 0 Å². The minimum atomic E-state index is 0.246. The van der Waals surface area contributed by atoms with Crippen molar-refractivity contribution in [2.75, 3.05) is 6.54 Å². The van der Waals surface area contributed by atoms with Crippen molar-refractivity contribution in [2.24, 2.45) is 17.8 Å². The second-order valence-electron chi connectivity index (χ2n) is 4.60. The largest absolute Gasteiger partial charge is 0.352 e. The second-order valence-corrected chi connectivity index (χ2v) is 4.60. The standard InChI is InChI=1S/C11H17NO/c1-7(2)6-12-11(13)10-4-8-3-9(8)5-10/h8-10H,1,3-6H2,2H3,(H,12,13). The summed E-state index contributed by atoms with van der Waals surface area (Å²) < 4.78 is 0. The Morgan fingerprint density at radius 2 is 2.00 bits per heavy atom. The number of fused-ring (bicyclic) bond motifs is 1. The molecule has 0 saturated heterocycles. The molecule has 2 atom stereocenters. The molecule has 2 nitrogen and oxygen atoms in total. The third-order valence-electron chi connectivity index (χ3n) is 3.18. The van der Waals surface area contributed by atoms with Crippen molar-refractivity contribution >= 4 is 5.91 Å². The average Bonchev–Trinajstić information content (AvgIpc) is 2.69. The fraction of sp³-hybridized carbons (Fsp3) is 0.727. The minimum absolute atomic E-state index is 0.246. The van der Waals surface area contributed by atoms with Gasteiger partial charge in [0.2, 0.25) is 5.91 Å². The van der Waals surface area contributed by atoms with Gasteiger partial charge in [-0.3, -0.25) is 4.79 Å². The van der Waals surface area contributed by atoms with Gasteiger partial charge in [-0.2, -0.15) is 0 Å². The van der Waals surface area contributed by atoms with Gasteiger partial charge in [0, 0.05) is 12.5 Å². The van der Waals surface area contributed by atoms with Crippen LogP contribution in [-0.4, -0.2) is 12.5 Å². The SMILES string of the molecule is C=C(C)CNC(=O)C1CC2CC2C1. The van der Waals surface area contributed by atoms with E-state index < -0.39 is 0 Å². The van der Waals surface area contributed by atoms with Crippen molar-refractivity contribution in [3.05, 3.63) is 12.2 Å². The molecule has 2 fully saturated rings. The molecule has 2 rings (SSSR count). The van der Waals surface area contributed by atoms with E-state index in [4.69, 9.17) is 0 Å². The number of amides is 1. The first-order valence-corrected chi connectivity index (χ1v) is 5.09. The van der Waals surface area contributed by atoms with Gasteiger partial charge in [-0.25, -0.2) is 0 Å². The van der Waals surface area contributed by atoms with Crippen LogP contribution in [0.4, 0.5) is 0 Å². The van der Waals surface area contributed by atoms with Crippen LogP contribution in [0.2, 0.25) is 0 Å². The third kappa shape index (κ3) is 1.93. The minimum Gasteiger partial charge on any atom is -0.352 e. The van der Waals surface area contributed by atoms with Crippen LogP contribution < -0.4 is 5.32 Å². The van der Waals surface area contributed by atoms with Crippen molar-refractivity contribution in [3.63, 3.8) is 0 Å². The highest BCUT2D eigenvalue weighted by molar-refractivity contribution is 5.79. The summed E-state index contributed by atoms with van der Waals surface area (Å²) in [6.07, 6.45) is 3.64. The Labute approximate surface area is 79.4 Å². The molecule has 0 heterocycles. The monoisotopic (exact) mass is 179 g/mol. The molecule has 2 heteroatoms. The van der Waals surface area contributed by atoms with E-state index in [2.05, 4.69) is 11.9 Å². The van der Waals surface area contributed by atoms with Crippen molar-refractivity contribution in [2.45, 2.75) is 26.2 Å². The zero-order chi connectivity index (χ0) is 9.42. The molecule has 2 saturated carbocycles. The lowest BCUT2D eigenvalue weighted by molar-refractivity contribution is -0.124. The number of carbonyl (C=O) groups is 1. The van der Waals surface area contributed by atoms with Crippen LogP contribution in [0.15, 0.2) is 12.2 Å². The first-order chi connectivity index (χ1) is 6.16. The van der Waals surface area contributed by atoms with Crippen LogP contribution >= 0.6 is 0 Å². The van der Waals surface area contributed by atoms with Gasteiger partial charge in [0.05, 0.1) is 0 Å². The predicted octanol–water partition coefficient (Wildman–Crippen LogP) is 1.72. The van der Waals surface area contributed by atoms with Crippen LogP contribution in [0, 0.1) is 17.8 Å². The first kappa shape index (κ1) is 8.79. The number of nitrogens with one attached hydrogen (secondary N) is 1. The van der Waals surface area contributed by atoms with Crippen molar-refractivity contribution in [1.82, 2.24) is 5.32 Å². The normalized spacial score (nSPS) is 35.3. The maximum Gasteiger partial charge on any atom is 0.223 e. The van der Waals surface area contributed by atoms with Crippen molar-refractivity contribution in [3.8, 4) is 0 Å². The van der Waals surface area contributed by atoms with Crippen LogP contribution in [-0.2, 0) is 4.79 Å². The molecule has 13 heavy (non-hydrogen) atoms. The van der Waals surface area contributed by atoms with Crippen LogP contribution in [0.1, 0.15) is 26.2 Å². The molecule has 72 valence electrons. The Morgan fingerprint density at radius 3 is 2.54 bits per heavy atom. The fourth-order valence-electron chi connectivity index (χ4n) is 2.31. The summed E-state index contributed by atoms with van der Waals surface area (Å²) in [6.45, 7) is 6.34. The number of rotatable bonds is 3. The summed E-state index contributed by atoms with van der Waals surface area (Å²) >= 11 is 0. The lowest BCUT2D eigenvalue weighted by atomic mass is 10.0. The molecule has 0 aromatic carbocycles. The molecule has 1 amide bonds. The van der Waals surface area contributed by atoms with Gasteiger partial charge in [-0.05, 0) is 38.0 Å². The van der Waals surface area contributed by atoms with Gasteiger partial charge in [-0.15, -0.1) is 0 Å². The summed E-state index contributed by atoms with van der Waals surface area (Å²) in [6, 6.07) is 0. The number of carbonyl (C=O) groups excluding carboxylic acids is 1. The molecule has 0 aromatic heterocycles. The number of hydrogen-bond donors (Lipinski definition) is 1. The molecule has 0 radical (unpaired) electrons. The maximum absolute atomic E-state index is 11.6. The Bertz CT molecular complexity index is 236. The fourth-order valence-corrected chi connectivity index (χ4v) is 2.31. The molecule has 0 spiro atoms. The smallest absolute Gasteiger partial charge is 0.223 e. The highest BCUT2D eigenvalue weighted by atomic mass is 16.1. The number of hydrogen-bond acceptors (Lipinski definition) is 1. The van der Waals surface area contributed by atoms with E-state index in [1.54, 1.807) is 0 Å². The van der Waals surface area contributed by atoms with Crippen LogP contribution in [0.25, 0.3) is 0 Å². The summed E-state index contributed by atoms with van der Waals surface area (Å²) in [4.78, 5) is 11.6. The van der Waals surface area contributed by atoms with Crippen LogP contribution in [0.3, 0.4) is 0 Å². The van der Waals surface area contributed by atoms with E-state index in [1.807, 2.05) is 6.92 Å². The van der Waals surface area contributed by atoms with E-state index in [-0.39, 0.29) is 5.91 Å². The summed E-state index contributed by atoms with van der Waals surface area (Å²) in [5.74, 6) is 2.33. The molecule has 1 N–H and O–H groups in total. The quantitative estimate of drug-likeness (QED) is 0.657. The third-order valence-corrected chi connectivity index (χ3v) is 3.18. The van der Waals surface area contributed by atoms with E-state index in [9.17, 15) is 4.79 Å². The predicted molar refractivity (Wildman–Crippen MR) is 52.1 cm³/mol. The molecular formula is C11H17NO. The van der Waals surface area contributed by atoms with E-state index in [0.29, 0.717) is 12.5 Å². The van der Waals surface area contributed by atoms with Gasteiger partial charge in [-0.1, -0.05) is 12.2 Å². The molecule has 2 aliphatic rings. The zero-order valence-electron chi connectivity index (χ0n) is 8.18. The Morgan fingerprint density at radius 1 is 1.38 bits per heavy atom. The molecule has 2 unspecified atom stereocenters. The summed E-state index contributed by atoms with van der Waals surface area (Å²) in [7, 11) is 0. The van der Waals surface area contributed by atoms with Crippen molar-refractivity contribution in [1.29, 1.82) is 0 Å². The average molecular weight is 179 g/mol. The Kier molecular flexibility index (Phi) is 2.14. The topological polar surface area (TPSA) is 29.1 Å². The van der Waals surface area contributed by atoms with Crippen molar-refractivity contribution < 1.29 is 4.79 Å². The highest BCUT2D eigenvalue weighted by Gasteiger charge is 2.47. The summed E-state index contributed by atoms with van der Waals surface area (Å²) in [5, 5.41) is 2.93.